The van der Waals surface area contributed by atoms with Crippen LogP contribution in [0.2, 0.25) is 0 Å². The molecular formula is C11H10N4O2S. The summed E-state index contributed by atoms with van der Waals surface area (Å²) in [5.41, 5.74) is 6.33. The maximum absolute atomic E-state index is 10.9. The quantitative estimate of drug-likeness (QED) is 0.518. The number of aromatic nitrogens is 2. The van der Waals surface area contributed by atoms with Crippen molar-refractivity contribution in [3.05, 3.63) is 46.3 Å². The Morgan fingerprint density at radius 2 is 2.17 bits per heavy atom. The van der Waals surface area contributed by atoms with Crippen LogP contribution in [0.4, 0.5) is 11.5 Å². The third-order valence-electron chi connectivity index (χ3n) is 2.20. The van der Waals surface area contributed by atoms with E-state index in [1.165, 1.54) is 18.1 Å². The second-order valence-electron chi connectivity index (χ2n) is 3.59. The van der Waals surface area contributed by atoms with Crippen molar-refractivity contribution in [3.63, 3.8) is 0 Å². The van der Waals surface area contributed by atoms with E-state index < -0.39 is 4.92 Å². The molecule has 2 N–H and O–H groups in total. The smallest absolute Gasteiger partial charge is 0.343 e. The average molecular weight is 262 g/mol. The van der Waals surface area contributed by atoms with Crippen molar-refractivity contribution in [2.75, 3.05) is 5.73 Å². The highest BCUT2D eigenvalue weighted by molar-refractivity contribution is 7.99. The predicted octanol–water partition coefficient (Wildman–Crippen LogP) is 2.43. The molecule has 0 unspecified atom stereocenters. The number of benzene rings is 1. The molecule has 2 aromatic rings. The van der Waals surface area contributed by atoms with E-state index in [1.54, 1.807) is 0 Å². The minimum atomic E-state index is -0.562. The van der Waals surface area contributed by atoms with E-state index in [4.69, 9.17) is 5.73 Å². The highest BCUT2D eigenvalue weighted by Gasteiger charge is 2.21. The van der Waals surface area contributed by atoms with E-state index in [-0.39, 0.29) is 16.5 Å². The number of aryl methyl sites for hydroxylation is 1. The molecular weight excluding hydrogens is 252 g/mol. The second-order valence-corrected chi connectivity index (χ2v) is 4.65. The number of rotatable bonds is 3. The fourth-order valence-electron chi connectivity index (χ4n) is 1.41. The fourth-order valence-corrected chi connectivity index (χ4v) is 2.40. The van der Waals surface area contributed by atoms with E-state index in [0.29, 0.717) is 0 Å². The molecule has 0 saturated heterocycles. The molecule has 0 aliphatic rings. The molecule has 0 saturated carbocycles. The Hall–Kier alpha value is -2.15. The number of hydrogen-bond donors (Lipinski definition) is 1. The summed E-state index contributed by atoms with van der Waals surface area (Å²) in [6, 6.07) is 7.62. The van der Waals surface area contributed by atoms with Gasteiger partial charge in [-0.25, -0.2) is 9.97 Å². The van der Waals surface area contributed by atoms with Crippen LogP contribution in [0.3, 0.4) is 0 Å². The first kappa shape index (κ1) is 12.3. The van der Waals surface area contributed by atoms with Gasteiger partial charge < -0.3 is 5.73 Å². The van der Waals surface area contributed by atoms with Crippen molar-refractivity contribution in [3.8, 4) is 0 Å². The Kier molecular flexibility index (Phi) is 3.42. The van der Waals surface area contributed by atoms with Crippen LogP contribution in [-0.4, -0.2) is 14.9 Å². The van der Waals surface area contributed by atoms with E-state index in [1.807, 2.05) is 31.2 Å². The van der Waals surface area contributed by atoms with Gasteiger partial charge in [0.25, 0.3) is 0 Å². The van der Waals surface area contributed by atoms with Gasteiger partial charge in [-0.2, -0.15) is 0 Å². The average Bonchev–Trinajstić information content (AvgIpc) is 2.28. The molecule has 18 heavy (non-hydrogen) atoms. The zero-order valence-electron chi connectivity index (χ0n) is 9.53. The molecule has 92 valence electrons. The van der Waals surface area contributed by atoms with Crippen molar-refractivity contribution < 1.29 is 4.92 Å². The molecule has 2 rings (SSSR count). The van der Waals surface area contributed by atoms with Gasteiger partial charge in [-0.1, -0.05) is 29.5 Å². The lowest BCUT2D eigenvalue weighted by molar-refractivity contribution is -0.387. The minimum Gasteiger partial charge on any atom is -0.378 e. The molecule has 0 radical (unpaired) electrons. The van der Waals surface area contributed by atoms with Crippen LogP contribution in [0.5, 0.6) is 0 Å². The molecule has 0 bridgehead atoms. The second kappa shape index (κ2) is 5.01. The number of nitrogens with zero attached hydrogens (tertiary/aromatic N) is 3. The van der Waals surface area contributed by atoms with Gasteiger partial charge in [0.1, 0.15) is 6.33 Å². The van der Waals surface area contributed by atoms with Crippen LogP contribution >= 0.6 is 11.8 Å². The normalized spacial score (nSPS) is 10.3. The molecule has 0 atom stereocenters. The lowest BCUT2D eigenvalue weighted by Gasteiger charge is -2.03. The summed E-state index contributed by atoms with van der Waals surface area (Å²) in [5, 5.41) is 11.2. The van der Waals surface area contributed by atoms with Gasteiger partial charge >= 0.3 is 5.69 Å². The predicted molar refractivity (Wildman–Crippen MR) is 68.4 cm³/mol. The van der Waals surface area contributed by atoms with Crippen molar-refractivity contribution in [1.82, 2.24) is 9.97 Å². The zero-order chi connectivity index (χ0) is 13.1. The number of hydrogen-bond acceptors (Lipinski definition) is 6. The molecule has 7 heteroatoms. The SMILES string of the molecule is Cc1cccc(Sc2ncnc(N)c2[N+](=O)[O-])c1. The first-order valence-electron chi connectivity index (χ1n) is 5.07. The fraction of sp³-hybridized carbons (Fsp3) is 0.0909. The van der Waals surface area contributed by atoms with Gasteiger partial charge in [0.05, 0.1) is 4.92 Å². The maximum atomic E-state index is 10.9. The highest BCUT2D eigenvalue weighted by atomic mass is 32.2. The molecule has 1 heterocycles. The van der Waals surface area contributed by atoms with Gasteiger partial charge in [-0.05, 0) is 19.1 Å². The molecule has 1 aromatic heterocycles. The van der Waals surface area contributed by atoms with Crippen molar-refractivity contribution in [2.24, 2.45) is 0 Å². The van der Waals surface area contributed by atoms with Crippen LogP contribution < -0.4 is 5.73 Å². The Morgan fingerprint density at radius 3 is 2.83 bits per heavy atom. The molecule has 6 nitrogen and oxygen atoms in total. The first-order valence-corrected chi connectivity index (χ1v) is 5.89. The van der Waals surface area contributed by atoms with Crippen molar-refractivity contribution in [1.29, 1.82) is 0 Å². The summed E-state index contributed by atoms with van der Waals surface area (Å²) >= 11 is 1.20. The summed E-state index contributed by atoms with van der Waals surface area (Å²) in [6.07, 6.45) is 1.22. The van der Waals surface area contributed by atoms with Crippen LogP contribution in [0.1, 0.15) is 5.56 Å². The summed E-state index contributed by atoms with van der Waals surface area (Å²) in [4.78, 5) is 18.8. The first-order chi connectivity index (χ1) is 8.58. The summed E-state index contributed by atoms with van der Waals surface area (Å²) < 4.78 is 0. The summed E-state index contributed by atoms with van der Waals surface area (Å²) in [5.74, 6) is -0.120. The van der Waals surface area contributed by atoms with Gasteiger partial charge in [0, 0.05) is 4.90 Å². The Morgan fingerprint density at radius 1 is 1.39 bits per heavy atom. The van der Waals surface area contributed by atoms with Crippen LogP contribution in [0.15, 0.2) is 40.5 Å². The largest absolute Gasteiger partial charge is 0.378 e. The molecule has 0 aliphatic carbocycles. The number of nitrogen functional groups attached to an aromatic ring is 1. The summed E-state index contributed by atoms with van der Waals surface area (Å²) in [6.45, 7) is 1.95. The Bertz CT molecular complexity index is 603. The standard InChI is InChI=1S/C11H10N4O2S/c1-7-3-2-4-8(5-7)18-11-9(15(16)17)10(12)13-6-14-11/h2-6H,1H3,(H2,12,13,14). The van der Waals surface area contributed by atoms with Gasteiger partial charge in [-0.15, -0.1) is 0 Å². The van der Waals surface area contributed by atoms with E-state index in [9.17, 15) is 10.1 Å². The number of nitro groups is 1. The minimum absolute atomic E-state index is 0.120. The Labute approximate surface area is 107 Å². The van der Waals surface area contributed by atoms with Gasteiger partial charge in [0.2, 0.25) is 5.82 Å². The lowest BCUT2D eigenvalue weighted by atomic mass is 10.2. The third kappa shape index (κ3) is 2.57. The number of anilines is 1. The van der Waals surface area contributed by atoms with Crippen LogP contribution in [0, 0.1) is 17.0 Å². The zero-order valence-corrected chi connectivity index (χ0v) is 10.3. The highest BCUT2D eigenvalue weighted by Crippen LogP contribution is 2.35. The van der Waals surface area contributed by atoms with E-state index in [2.05, 4.69) is 9.97 Å². The maximum Gasteiger partial charge on any atom is 0.343 e. The van der Waals surface area contributed by atoms with Crippen LogP contribution in [0.25, 0.3) is 0 Å². The van der Waals surface area contributed by atoms with Gasteiger partial charge in [-0.3, -0.25) is 10.1 Å². The molecule has 0 aliphatic heterocycles. The number of nitrogens with two attached hydrogens (primary N) is 1. The van der Waals surface area contributed by atoms with Crippen molar-refractivity contribution in [2.45, 2.75) is 16.8 Å². The van der Waals surface area contributed by atoms with E-state index in [0.717, 1.165) is 10.5 Å². The summed E-state index contributed by atoms with van der Waals surface area (Å²) in [7, 11) is 0. The monoisotopic (exact) mass is 262 g/mol. The van der Waals surface area contributed by atoms with Crippen LogP contribution in [-0.2, 0) is 0 Å². The molecule has 0 spiro atoms. The van der Waals surface area contributed by atoms with E-state index >= 15 is 0 Å². The van der Waals surface area contributed by atoms with Crippen molar-refractivity contribution >= 4 is 23.3 Å². The molecule has 1 aromatic carbocycles. The molecule has 0 fully saturated rings. The third-order valence-corrected chi connectivity index (χ3v) is 3.19. The lowest BCUT2D eigenvalue weighted by Crippen LogP contribution is -2.01. The topological polar surface area (TPSA) is 94.9 Å². The molecule has 0 amide bonds. The van der Waals surface area contributed by atoms with Gasteiger partial charge in [0.15, 0.2) is 5.03 Å². The Balaban J connectivity index is 2.40.